The maximum Gasteiger partial charge on any atom is 0.407 e. The van der Waals surface area contributed by atoms with Crippen LogP contribution >= 0.6 is 0 Å². The molecule has 0 bridgehead atoms. The van der Waals surface area contributed by atoms with Gasteiger partial charge in [-0.15, -0.1) is 0 Å². The van der Waals surface area contributed by atoms with Crippen LogP contribution in [0, 0.1) is 11.3 Å². The highest BCUT2D eigenvalue weighted by Crippen LogP contribution is 2.36. The summed E-state index contributed by atoms with van der Waals surface area (Å²) in [5, 5.41) is 9.54. The van der Waals surface area contributed by atoms with Crippen molar-refractivity contribution in [1.29, 1.82) is 0 Å². The summed E-state index contributed by atoms with van der Waals surface area (Å²) in [6.45, 7) is 7.40. The van der Waals surface area contributed by atoms with Crippen molar-refractivity contribution in [2.24, 2.45) is 11.3 Å². The topological polar surface area (TPSA) is 94.5 Å². The normalized spacial score (nSPS) is 27.5. The number of likely N-dealkylation sites (tertiary alicyclic amines) is 1. The van der Waals surface area contributed by atoms with Crippen LogP contribution in [-0.2, 0) is 26.1 Å². The van der Waals surface area contributed by atoms with Gasteiger partial charge in [0.2, 0.25) is 0 Å². The van der Waals surface area contributed by atoms with E-state index in [4.69, 9.17) is 17.8 Å². The first kappa shape index (κ1) is 22.8. The second-order valence-corrected chi connectivity index (χ2v) is 9.83. The molecule has 0 unspecified atom stereocenters. The largest absolute Gasteiger partial charge is 0.493 e. The Morgan fingerprint density at radius 1 is 1.27 bits per heavy atom. The van der Waals surface area contributed by atoms with Gasteiger partial charge in [-0.1, -0.05) is 26.8 Å². The number of methoxy groups -OCH3 is 1. The van der Waals surface area contributed by atoms with E-state index in [1.54, 1.807) is 7.11 Å². The predicted octanol–water partition coefficient (Wildman–Crippen LogP) is 3.42. The van der Waals surface area contributed by atoms with E-state index >= 15 is 0 Å². The van der Waals surface area contributed by atoms with Crippen molar-refractivity contribution in [3.63, 3.8) is 0 Å². The van der Waals surface area contributed by atoms with Gasteiger partial charge in [-0.2, -0.15) is 4.21 Å². The number of ether oxygens (including phenoxy) is 2. The molecule has 168 valence electrons. The third-order valence-corrected chi connectivity index (χ3v) is 6.30. The van der Waals surface area contributed by atoms with E-state index in [1.807, 2.05) is 18.2 Å². The molecule has 1 aromatic rings. The maximum absolute atomic E-state index is 11.6. The molecule has 2 atom stereocenters. The van der Waals surface area contributed by atoms with Gasteiger partial charge >= 0.3 is 17.5 Å². The fourth-order valence-electron chi connectivity index (χ4n) is 4.04. The van der Waals surface area contributed by atoms with Gasteiger partial charge in [0.05, 0.1) is 20.3 Å². The van der Waals surface area contributed by atoms with E-state index < -0.39 is 17.5 Å². The Labute approximate surface area is 180 Å². The van der Waals surface area contributed by atoms with E-state index in [2.05, 4.69) is 20.8 Å². The fourth-order valence-corrected chi connectivity index (χ4v) is 4.72. The Balaban J connectivity index is 1.67. The van der Waals surface area contributed by atoms with Gasteiger partial charge in [-0.3, -0.25) is 8.37 Å². The molecule has 0 aromatic heterocycles. The van der Waals surface area contributed by atoms with Crippen LogP contribution in [-0.4, -0.2) is 59.3 Å². The summed E-state index contributed by atoms with van der Waals surface area (Å²) in [7, 11) is 1.60. The molecular weight excluding hydrogens is 410 g/mol. The number of piperidine rings is 1. The third-order valence-electron chi connectivity index (χ3n) is 5.65. The number of nitrogens with zero attached hydrogens (tertiary/aromatic N) is 1. The minimum absolute atomic E-state index is 0.0836. The highest BCUT2D eigenvalue weighted by Gasteiger charge is 2.39. The Bertz CT molecular complexity index is 769. The summed E-state index contributed by atoms with van der Waals surface area (Å²) in [6, 6.07) is 5.70. The highest BCUT2D eigenvalue weighted by molar-refractivity contribution is 7.75. The van der Waals surface area contributed by atoms with Crippen molar-refractivity contribution in [2.45, 2.75) is 52.2 Å². The molecule has 8 nitrogen and oxygen atoms in total. The Kier molecular flexibility index (Phi) is 7.26. The van der Waals surface area contributed by atoms with E-state index in [0.29, 0.717) is 44.1 Å². The second-order valence-electron chi connectivity index (χ2n) is 8.95. The number of benzene rings is 1. The first-order valence-electron chi connectivity index (χ1n) is 10.2. The molecule has 0 spiro atoms. The average Bonchev–Trinajstić information content (AvgIpc) is 2.70. The maximum atomic E-state index is 11.6. The van der Waals surface area contributed by atoms with Crippen molar-refractivity contribution >= 4 is 17.5 Å². The van der Waals surface area contributed by atoms with Crippen LogP contribution in [0.2, 0.25) is 0 Å². The molecule has 9 heteroatoms. The molecule has 2 aliphatic heterocycles. The fraction of sp³-hybridized carbons (Fsp3) is 0.667. The smallest absolute Gasteiger partial charge is 0.407 e. The van der Waals surface area contributed by atoms with Gasteiger partial charge in [-0.05, 0) is 29.5 Å². The summed E-state index contributed by atoms with van der Waals surface area (Å²) < 4.78 is 33.0. The van der Waals surface area contributed by atoms with Gasteiger partial charge in [0.25, 0.3) is 0 Å². The summed E-state index contributed by atoms with van der Waals surface area (Å²) >= 11 is -1.63. The quantitative estimate of drug-likeness (QED) is 0.748. The Morgan fingerprint density at radius 3 is 2.57 bits per heavy atom. The van der Waals surface area contributed by atoms with Crippen LogP contribution in [0.3, 0.4) is 0 Å². The molecule has 1 aromatic carbocycles. The zero-order chi connectivity index (χ0) is 21.9. The molecule has 2 aliphatic rings. The standard InChI is InChI=1S/C21H31NO7S/c1-21(2,3)19-11-16(7-8-22(19)20(23)24)29-17-6-5-14(10-18(17)26-4)9-15-12-27-30(25)28-13-15/h5-6,10,15-16,19H,7-9,11-13H2,1-4H3,(H,23,24)/t15?,16-,19-,30?/m0/s1. The summed E-state index contributed by atoms with van der Waals surface area (Å²) in [6.07, 6.45) is 1.03. The summed E-state index contributed by atoms with van der Waals surface area (Å²) in [5.74, 6) is 1.42. The van der Waals surface area contributed by atoms with Crippen molar-refractivity contribution in [3.05, 3.63) is 23.8 Å². The third kappa shape index (κ3) is 5.65. The number of hydrogen-bond donors (Lipinski definition) is 1. The molecule has 30 heavy (non-hydrogen) atoms. The monoisotopic (exact) mass is 441 g/mol. The predicted molar refractivity (Wildman–Crippen MR) is 112 cm³/mol. The molecular formula is C21H31NO7S. The van der Waals surface area contributed by atoms with Gasteiger partial charge in [0, 0.05) is 31.3 Å². The Morgan fingerprint density at radius 2 is 1.97 bits per heavy atom. The van der Waals surface area contributed by atoms with Gasteiger partial charge in [0.1, 0.15) is 6.10 Å². The second kappa shape index (κ2) is 9.53. The molecule has 0 saturated carbocycles. The molecule has 2 heterocycles. The molecule has 2 fully saturated rings. The first-order valence-corrected chi connectivity index (χ1v) is 11.2. The van der Waals surface area contributed by atoms with Gasteiger partial charge < -0.3 is 19.5 Å². The van der Waals surface area contributed by atoms with Crippen molar-refractivity contribution in [3.8, 4) is 11.5 Å². The number of amides is 1. The van der Waals surface area contributed by atoms with Crippen LogP contribution in [0.5, 0.6) is 11.5 Å². The summed E-state index contributed by atoms with van der Waals surface area (Å²) in [4.78, 5) is 13.2. The van der Waals surface area contributed by atoms with E-state index in [9.17, 15) is 14.1 Å². The number of carbonyl (C=O) groups is 1. The van der Waals surface area contributed by atoms with E-state index in [1.165, 1.54) is 4.90 Å². The zero-order valence-corrected chi connectivity index (χ0v) is 18.8. The Hall–Kier alpha value is -1.84. The van der Waals surface area contributed by atoms with Crippen molar-refractivity contribution in [2.75, 3.05) is 26.9 Å². The minimum Gasteiger partial charge on any atom is -0.493 e. The van der Waals surface area contributed by atoms with Gasteiger partial charge in [0.15, 0.2) is 11.5 Å². The van der Waals surface area contributed by atoms with Crippen molar-refractivity contribution < 1.29 is 31.9 Å². The molecule has 3 rings (SSSR count). The molecule has 1 N–H and O–H groups in total. The number of rotatable bonds is 5. The number of carboxylic acid groups (broad SMARTS) is 1. The van der Waals surface area contributed by atoms with Crippen LogP contribution < -0.4 is 9.47 Å². The molecule has 1 amide bonds. The van der Waals surface area contributed by atoms with E-state index in [0.717, 1.165) is 12.0 Å². The minimum atomic E-state index is -1.63. The van der Waals surface area contributed by atoms with Crippen LogP contribution in [0.1, 0.15) is 39.2 Å². The zero-order valence-electron chi connectivity index (χ0n) is 18.0. The summed E-state index contributed by atoms with van der Waals surface area (Å²) in [5.41, 5.74) is 0.875. The lowest BCUT2D eigenvalue weighted by molar-refractivity contribution is 0.0123. The molecule has 2 saturated heterocycles. The molecule has 0 aliphatic carbocycles. The van der Waals surface area contributed by atoms with Crippen molar-refractivity contribution in [1.82, 2.24) is 4.90 Å². The lowest BCUT2D eigenvalue weighted by Gasteiger charge is -2.44. The highest BCUT2D eigenvalue weighted by atomic mass is 32.2. The van der Waals surface area contributed by atoms with Crippen LogP contribution in [0.4, 0.5) is 4.79 Å². The van der Waals surface area contributed by atoms with Gasteiger partial charge in [-0.25, -0.2) is 4.79 Å². The first-order chi connectivity index (χ1) is 14.2. The van der Waals surface area contributed by atoms with Crippen LogP contribution in [0.15, 0.2) is 18.2 Å². The average molecular weight is 442 g/mol. The molecule has 0 radical (unpaired) electrons. The lowest BCUT2D eigenvalue weighted by atomic mass is 9.80. The number of hydrogen-bond acceptors (Lipinski definition) is 6. The van der Waals surface area contributed by atoms with Crippen LogP contribution in [0.25, 0.3) is 0 Å². The van der Waals surface area contributed by atoms with E-state index in [-0.39, 0.29) is 23.5 Å². The lowest BCUT2D eigenvalue weighted by Crippen LogP contribution is -2.53. The SMILES string of the molecule is COc1cc(CC2COS(=O)OC2)ccc1O[C@H]1CCN(C(=O)O)[C@H](C(C)(C)C)C1.